The van der Waals surface area contributed by atoms with Gasteiger partial charge >= 0.3 is 5.97 Å². The Morgan fingerprint density at radius 1 is 1.22 bits per heavy atom. The van der Waals surface area contributed by atoms with Crippen LogP contribution < -0.4 is 5.32 Å². The number of rotatable bonds is 6. The molecule has 0 radical (unpaired) electrons. The van der Waals surface area contributed by atoms with Crippen molar-refractivity contribution >= 4 is 11.9 Å². The highest BCUT2D eigenvalue weighted by Gasteiger charge is 2.23. The number of methoxy groups -OCH3 is 1. The van der Waals surface area contributed by atoms with Crippen LogP contribution in [0.15, 0.2) is 0 Å². The average molecular weight is 259 g/mol. The van der Waals surface area contributed by atoms with Crippen molar-refractivity contribution in [3.8, 4) is 0 Å². The number of hydrogen-bond acceptors (Lipinski definition) is 4. The molecule has 0 spiro atoms. The third kappa shape index (κ3) is 8.06. The highest BCUT2D eigenvalue weighted by atomic mass is 16.6. The van der Waals surface area contributed by atoms with Crippen LogP contribution in [0.4, 0.5) is 0 Å². The normalized spacial score (nSPS) is 14.8. The molecule has 1 unspecified atom stereocenters. The van der Waals surface area contributed by atoms with Gasteiger partial charge in [-0.15, -0.1) is 0 Å². The zero-order valence-corrected chi connectivity index (χ0v) is 12.2. The molecule has 1 amide bonds. The van der Waals surface area contributed by atoms with Crippen molar-refractivity contribution in [1.29, 1.82) is 0 Å². The Hall–Kier alpha value is -1.10. The zero-order valence-electron chi connectivity index (χ0n) is 12.2. The molecule has 0 aliphatic carbocycles. The van der Waals surface area contributed by atoms with Crippen LogP contribution in [0.25, 0.3) is 0 Å². The van der Waals surface area contributed by atoms with Crippen molar-refractivity contribution in [2.75, 3.05) is 13.7 Å². The van der Waals surface area contributed by atoms with E-state index < -0.39 is 17.6 Å². The van der Waals surface area contributed by atoms with Crippen LogP contribution in [0.5, 0.6) is 0 Å². The van der Waals surface area contributed by atoms with E-state index in [1.807, 2.05) is 6.92 Å². The van der Waals surface area contributed by atoms with E-state index in [1.54, 1.807) is 34.8 Å². The summed E-state index contributed by atoms with van der Waals surface area (Å²) in [6.07, 6.45) is 0.334. The summed E-state index contributed by atoms with van der Waals surface area (Å²) in [5.74, 6) is -0.464. The maximum atomic E-state index is 11.6. The lowest BCUT2D eigenvalue weighted by atomic mass is 10.1. The fourth-order valence-electron chi connectivity index (χ4n) is 1.41. The molecule has 0 aliphatic heterocycles. The lowest BCUT2D eigenvalue weighted by Gasteiger charge is -2.23. The molecule has 0 heterocycles. The molecular weight excluding hydrogens is 234 g/mol. The van der Waals surface area contributed by atoms with E-state index in [-0.39, 0.29) is 11.8 Å². The minimum Gasteiger partial charge on any atom is -0.458 e. The van der Waals surface area contributed by atoms with E-state index in [0.29, 0.717) is 13.0 Å². The van der Waals surface area contributed by atoms with E-state index in [0.717, 1.165) is 0 Å². The average Bonchev–Trinajstić information content (AvgIpc) is 2.14. The fourth-order valence-corrected chi connectivity index (χ4v) is 1.41. The molecular formula is C13H25NO4. The van der Waals surface area contributed by atoms with Gasteiger partial charge in [0.15, 0.2) is 0 Å². The van der Waals surface area contributed by atoms with Crippen LogP contribution in [-0.2, 0) is 19.1 Å². The van der Waals surface area contributed by atoms with Gasteiger partial charge in [0.2, 0.25) is 5.91 Å². The van der Waals surface area contributed by atoms with Crippen molar-refractivity contribution in [2.45, 2.75) is 52.7 Å². The molecule has 0 saturated carbocycles. The molecule has 0 saturated heterocycles. The summed E-state index contributed by atoms with van der Waals surface area (Å²) in [6, 6.07) is -0.633. The third-order valence-electron chi connectivity index (χ3n) is 2.12. The highest BCUT2D eigenvalue weighted by Crippen LogP contribution is 2.08. The number of hydrogen-bond donors (Lipinski definition) is 1. The van der Waals surface area contributed by atoms with Gasteiger partial charge in [0.1, 0.15) is 11.6 Å². The zero-order chi connectivity index (χ0) is 14.3. The first-order valence-corrected chi connectivity index (χ1v) is 6.17. The monoisotopic (exact) mass is 259 g/mol. The van der Waals surface area contributed by atoms with Gasteiger partial charge in [-0.3, -0.25) is 4.79 Å². The lowest BCUT2D eigenvalue weighted by Crippen LogP contribution is -2.42. The molecule has 1 N–H and O–H groups in total. The summed E-state index contributed by atoms with van der Waals surface area (Å²) in [5, 5.41) is 2.62. The Balaban J connectivity index is 4.11. The quantitative estimate of drug-likeness (QED) is 0.734. The largest absolute Gasteiger partial charge is 0.458 e. The molecule has 0 rings (SSSR count). The van der Waals surface area contributed by atoms with E-state index in [4.69, 9.17) is 9.47 Å². The summed E-state index contributed by atoms with van der Waals surface area (Å²) in [4.78, 5) is 23.3. The van der Waals surface area contributed by atoms with E-state index in [9.17, 15) is 9.59 Å². The number of nitrogens with one attached hydrogen (secondary N) is 1. The summed E-state index contributed by atoms with van der Waals surface area (Å²) in [5.41, 5.74) is -0.542. The van der Waals surface area contributed by atoms with Crippen LogP contribution in [0, 0.1) is 5.92 Å². The van der Waals surface area contributed by atoms with Gasteiger partial charge in [0, 0.05) is 20.1 Å². The maximum absolute atomic E-state index is 11.6. The van der Waals surface area contributed by atoms with E-state index >= 15 is 0 Å². The van der Waals surface area contributed by atoms with Crippen LogP contribution in [0.2, 0.25) is 0 Å². The summed E-state index contributed by atoms with van der Waals surface area (Å²) >= 11 is 0. The predicted molar refractivity (Wildman–Crippen MR) is 69.1 cm³/mol. The molecule has 0 bridgehead atoms. The minimum absolute atomic E-state index is 0.126. The Morgan fingerprint density at radius 3 is 2.22 bits per heavy atom. The summed E-state index contributed by atoms with van der Waals surface area (Å²) < 4.78 is 10.1. The minimum atomic E-state index is -0.633. The summed E-state index contributed by atoms with van der Waals surface area (Å²) in [7, 11) is 1.59. The Labute approximate surface area is 109 Å². The highest BCUT2D eigenvalue weighted by molar-refractivity contribution is 5.84. The molecule has 5 heteroatoms. The Bertz CT molecular complexity index is 283. The number of amides is 1. The smallest absolute Gasteiger partial charge is 0.328 e. The lowest BCUT2D eigenvalue weighted by molar-refractivity contribution is -0.158. The van der Waals surface area contributed by atoms with Gasteiger partial charge in [-0.2, -0.15) is 0 Å². The first-order valence-electron chi connectivity index (χ1n) is 6.17. The predicted octanol–water partition coefficient (Wildman–Crippen LogP) is 1.51. The first-order chi connectivity index (χ1) is 8.15. The van der Waals surface area contributed by atoms with Gasteiger partial charge < -0.3 is 14.8 Å². The van der Waals surface area contributed by atoms with Crippen molar-refractivity contribution in [2.24, 2.45) is 5.92 Å². The first kappa shape index (κ1) is 16.9. The summed E-state index contributed by atoms with van der Waals surface area (Å²) in [6.45, 7) is 9.43. The van der Waals surface area contributed by atoms with E-state index in [2.05, 4.69) is 5.32 Å². The molecule has 106 valence electrons. The second-order valence-electron chi connectivity index (χ2n) is 5.59. The molecule has 0 aromatic rings. The van der Waals surface area contributed by atoms with Gasteiger partial charge in [-0.1, -0.05) is 6.92 Å². The number of esters is 1. The molecule has 18 heavy (non-hydrogen) atoms. The van der Waals surface area contributed by atoms with Crippen LogP contribution in [0.1, 0.15) is 41.0 Å². The van der Waals surface area contributed by atoms with Crippen LogP contribution in [0.3, 0.4) is 0 Å². The third-order valence-corrected chi connectivity index (χ3v) is 2.12. The maximum Gasteiger partial charge on any atom is 0.328 e. The Kier molecular flexibility index (Phi) is 6.91. The number of ether oxygens (including phenoxy) is 2. The molecule has 0 aromatic heterocycles. The molecule has 0 aliphatic rings. The van der Waals surface area contributed by atoms with E-state index in [1.165, 1.54) is 0 Å². The van der Waals surface area contributed by atoms with Gasteiger partial charge in [0.25, 0.3) is 0 Å². The van der Waals surface area contributed by atoms with Gasteiger partial charge in [-0.05, 0) is 33.6 Å². The Morgan fingerprint density at radius 2 is 1.78 bits per heavy atom. The van der Waals surface area contributed by atoms with Crippen molar-refractivity contribution in [1.82, 2.24) is 5.32 Å². The van der Waals surface area contributed by atoms with Crippen molar-refractivity contribution in [3.05, 3.63) is 0 Å². The molecule has 0 aromatic carbocycles. The standard InChI is InChI=1S/C13H25NO4/c1-9(8-17-6)7-11(15)14-10(2)12(16)18-13(3,4)5/h9-10H,7-8H2,1-6H3,(H,14,15)/t9?,10-/m1/s1. The SMILES string of the molecule is COCC(C)CC(=O)N[C@H](C)C(=O)OC(C)(C)C. The fraction of sp³-hybridized carbons (Fsp3) is 0.846. The molecule has 2 atom stereocenters. The number of carbonyl (C=O) groups excluding carboxylic acids is 2. The van der Waals surface area contributed by atoms with Crippen LogP contribution >= 0.6 is 0 Å². The van der Waals surface area contributed by atoms with Gasteiger partial charge in [0.05, 0.1) is 0 Å². The molecule has 0 fully saturated rings. The van der Waals surface area contributed by atoms with Crippen molar-refractivity contribution < 1.29 is 19.1 Å². The number of carbonyl (C=O) groups is 2. The molecule has 5 nitrogen and oxygen atoms in total. The van der Waals surface area contributed by atoms with Gasteiger partial charge in [-0.25, -0.2) is 4.79 Å². The van der Waals surface area contributed by atoms with Crippen molar-refractivity contribution in [3.63, 3.8) is 0 Å². The topological polar surface area (TPSA) is 64.6 Å². The second-order valence-corrected chi connectivity index (χ2v) is 5.59. The second kappa shape index (κ2) is 7.36. The van der Waals surface area contributed by atoms with Crippen LogP contribution in [-0.4, -0.2) is 37.2 Å².